The van der Waals surface area contributed by atoms with Gasteiger partial charge >= 0.3 is 5.69 Å². The molecule has 5 heteroatoms. The fourth-order valence-electron chi connectivity index (χ4n) is 1.53. The fourth-order valence-corrected chi connectivity index (χ4v) is 1.53. The molecule has 14 heavy (non-hydrogen) atoms. The molecular weight excluding hydrogens is 182 g/mol. The summed E-state index contributed by atoms with van der Waals surface area (Å²) in [6.45, 7) is 3.51. The lowest BCUT2D eigenvalue weighted by Gasteiger charge is -1.95. The smallest absolute Gasteiger partial charge is 0.258 e. The van der Waals surface area contributed by atoms with Crippen LogP contribution in [0.15, 0.2) is 18.2 Å². The summed E-state index contributed by atoms with van der Waals surface area (Å²) in [7, 11) is 0. The Morgan fingerprint density at radius 1 is 1.43 bits per heavy atom. The fraction of sp³-hybridized carbons (Fsp3) is 0.222. The summed E-state index contributed by atoms with van der Waals surface area (Å²) in [5.74, 6) is 0. The van der Waals surface area contributed by atoms with Gasteiger partial charge in [-0.2, -0.15) is 5.10 Å². The van der Waals surface area contributed by atoms with Gasteiger partial charge in [-0.1, -0.05) is 6.07 Å². The van der Waals surface area contributed by atoms with Gasteiger partial charge in [-0.25, -0.2) is 4.52 Å². The number of pyridine rings is 1. The van der Waals surface area contributed by atoms with Crippen LogP contribution in [0.25, 0.3) is 5.52 Å². The van der Waals surface area contributed by atoms with E-state index in [0.717, 1.165) is 5.69 Å². The normalized spacial score (nSPS) is 10.7. The molecule has 0 aromatic carbocycles. The Balaban J connectivity index is 2.90. The van der Waals surface area contributed by atoms with Gasteiger partial charge in [0, 0.05) is 5.69 Å². The topological polar surface area (TPSA) is 60.4 Å². The van der Waals surface area contributed by atoms with E-state index in [-0.39, 0.29) is 5.69 Å². The molecule has 0 N–H and O–H groups in total. The first-order chi connectivity index (χ1) is 6.61. The van der Waals surface area contributed by atoms with Gasteiger partial charge in [-0.05, 0) is 26.0 Å². The predicted octanol–water partition coefficient (Wildman–Crippen LogP) is 1.86. The highest BCUT2D eigenvalue weighted by molar-refractivity contribution is 5.67. The van der Waals surface area contributed by atoms with E-state index in [1.807, 2.05) is 13.0 Å². The molecule has 0 bridgehead atoms. The summed E-state index contributed by atoms with van der Waals surface area (Å²) in [6, 6.07) is 5.35. The second-order valence-electron chi connectivity index (χ2n) is 3.16. The van der Waals surface area contributed by atoms with E-state index in [0.29, 0.717) is 11.2 Å². The lowest BCUT2D eigenvalue weighted by molar-refractivity contribution is -0.383. The zero-order valence-corrected chi connectivity index (χ0v) is 7.89. The molecule has 72 valence electrons. The van der Waals surface area contributed by atoms with Gasteiger partial charge in [0.25, 0.3) is 0 Å². The number of rotatable bonds is 1. The second-order valence-corrected chi connectivity index (χ2v) is 3.16. The van der Waals surface area contributed by atoms with Crippen molar-refractivity contribution in [2.45, 2.75) is 13.8 Å². The van der Waals surface area contributed by atoms with E-state index in [1.165, 1.54) is 0 Å². The van der Waals surface area contributed by atoms with Crippen molar-refractivity contribution in [3.8, 4) is 0 Å². The van der Waals surface area contributed by atoms with Gasteiger partial charge in [0.15, 0.2) is 0 Å². The molecule has 0 fully saturated rings. The first-order valence-electron chi connectivity index (χ1n) is 4.20. The van der Waals surface area contributed by atoms with Crippen LogP contribution in [0.2, 0.25) is 0 Å². The molecule has 0 atom stereocenters. The Bertz CT molecular complexity index is 516. The van der Waals surface area contributed by atoms with E-state index in [2.05, 4.69) is 5.10 Å². The van der Waals surface area contributed by atoms with Gasteiger partial charge in [0.05, 0.1) is 4.92 Å². The number of nitro groups is 1. The summed E-state index contributed by atoms with van der Waals surface area (Å²) >= 11 is 0. The van der Waals surface area contributed by atoms with Crippen LogP contribution in [0, 0.1) is 24.0 Å². The molecule has 0 saturated carbocycles. The standard InChI is InChI=1S/C9H9N3O2/c1-6-4-3-5-8-9(12(13)14)7(2)10-11(6)8/h3-5H,1-2H3. The molecular formula is C9H9N3O2. The van der Waals surface area contributed by atoms with Gasteiger partial charge in [-0.3, -0.25) is 10.1 Å². The lowest BCUT2D eigenvalue weighted by Crippen LogP contribution is -1.92. The molecule has 0 radical (unpaired) electrons. The largest absolute Gasteiger partial charge is 0.317 e. The van der Waals surface area contributed by atoms with E-state index in [9.17, 15) is 10.1 Å². The Hall–Kier alpha value is -1.91. The van der Waals surface area contributed by atoms with Crippen molar-refractivity contribution >= 4 is 11.2 Å². The maximum absolute atomic E-state index is 10.8. The summed E-state index contributed by atoms with van der Waals surface area (Å²) in [4.78, 5) is 10.4. The third kappa shape index (κ3) is 1.06. The van der Waals surface area contributed by atoms with Crippen LogP contribution in [0.5, 0.6) is 0 Å². The zero-order chi connectivity index (χ0) is 10.3. The first-order valence-corrected chi connectivity index (χ1v) is 4.20. The summed E-state index contributed by atoms with van der Waals surface area (Å²) in [5.41, 5.74) is 1.98. The van der Waals surface area contributed by atoms with Crippen LogP contribution >= 0.6 is 0 Å². The van der Waals surface area contributed by atoms with Crippen molar-refractivity contribution in [1.29, 1.82) is 0 Å². The molecule has 5 nitrogen and oxygen atoms in total. The maximum Gasteiger partial charge on any atom is 0.317 e. The highest BCUT2D eigenvalue weighted by atomic mass is 16.6. The molecule has 0 unspecified atom stereocenters. The Morgan fingerprint density at radius 3 is 2.79 bits per heavy atom. The predicted molar refractivity (Wildman–Crippen MR) is 51.3 cm³/mol. The van der Waals surface area contributed by atoms with E-state index < -0.39 is 4.92 Å². The number of hydrogen-bond acceptors (Lipinski definition) is 3. The molecule has 0 aliphatic rings. The van der Waals surface area contributed by atoms with Crippen LogP contribution < -0.4 is 0 Å². The van der Waals surface area contributed by atoms with Crippen molar-refractivity contribution in [3.63, 3.8) is 0 Å². The van der Waals surface area contributed by atoms with Crippen LogP contribution in [0.3, 0.4) is 0 Å². The molecule has 0 spiro atoms. The molecule has 2 rings (SSSR count). The Kier molecular flexibility index (Phi) is 1.73. The monoisotopic (exact) mass is 191 g/mol. The number of aryl methyl sites for hydroxylation is 2. The van der Waals surface area contributed by atoms with Crippen molar-refractivity contribution in [3.05, 3.63) is 39.7 Å². The molecule has 0 aliphatic carbocycles. The van der Waals surface area contributed by atoms with Crippen molar-refractivity contribution in [2.24, 2.45) is 0 Å². The molecule has 0 amide bonds. The Morgan fingerprint density at radius 2 is 2.14 bits per heavy atom. The third-order valence-electron chi connectivity index (χ3n) is 2.17. The number of fused-ring (bicyclic) bond motifs is 1. The zero-order valence-electron chi connectivity index (χ0n) is 7.89. The molecule has 0 aliphatic heterocycles. The van der Waals surface area contributed by atoms with Gasteiger partial charge in [0.2, 0.25) is 0 Å². The minimum absolute atomic E-state index is 0.0914. The SMILES string of the molecule is Cc1nn2c(C)cccc2c1[N+](=O)[O-]. The molecule has 2 aromatic heterocycles. The van der Waals surface area contributed by atoms with Crippen molar-refractivity contribution < 1.29 is 4.92 Å². The lowest BCUT2D eigenvalue weighted by atomic mass is 10.3. The van der Waals surface area contributed by atoms with E-state index in [4.69, 9.17) is 0 Å². The second kappa shape index (κ2) is 2.80. The summed E-state index contributed by atoms with van der Waals surface area (Å²) < 4.78 is 1.59. The highest BCUT2D eigenvalue weighted by Crippen LogP contribution is 2.24. The maximum atomic E-state index is 10.8. The van der Waals surface area contributed by atoms with Crippen LogP contribution in [-0.4, -0.2) is 14.5 Å². The average Bonchev–Trinajstić information content (AvgIpc) is 2.42. The molecule has 0 saturated heterocycles. The molecule has 2 heterocycles. The number of hydrogen-bond donors (Lipinski definition) is 0. The molecule has 2 aromatic rings. The van der Waals surface area contributed by atoms with Gasteiger partial charge < -0.3 is 0 Å². The minimum Gasteiger partial charge on any atom is -0.258 e. The van der Waals surface area contributed by atoms with Crippen molar-refractivity contribution in [1.82, 2.24) is 9.61 Å². The minimum atomic E-state index is -0.392. The summed E-state index contributed by atoms with van der Waals surface area (Å²) in [6.07, 6.45) is 0. The quantitative estimate of drug-likeness (QED) is 0.510. The van der Waals surface area contributed by atoms with Crippen LogP contribution in [0.4, 0.5) is 5.69 Å². The van der Waals surface area contributed by atoms with Crippen LogP contribution in [0.1, 0.15) is 11.4 Å². The highest BCUT2D eigenvalue weighted by Gasteiger charge is 2.19. The Labute approximate surface area is 80.1 Å². The van der Waals surface area contributed by atoms with Crippen LogP contribution in [-0.2, 0) is 0 Å². The van der Waals surface area contributed by atoms with Gasteiger partial charge in [0.1, 0.15) is 11.2 Å². The van der Waals surface area contributed by atoms with E-state index in [1.54, 1.807) is 23.6 Å². The first kappa shape index (κ1) is 8.68. The summed E-state index contributed by atoms with van der Waals surface area (Å²) in [5, 5.41) is 14.9. The van der Waals surface area contributed by atoms with Crippen molar-refractivity contribution in [2.75, 3.05) is 0 Å². The van der Waals surface area contributed by atoms with Gasteiger partial charge in [-0.15, -0.1) is 0 Å². The third-order valence-corrected chi connectivity index (χ3v) is 2.17. The number of nitrogens with zero attached hydrogens (tertiary/aromatic N) is 3. The number of aromatic nitrogens is 2. The average molecular weight is 191 g/mol. The van der Waals surface area contributed by atoms with E-state index >= 15 is 0 Å².